The Balaban J connectivity index is 3.01. The number of phenols is 1. The lowest BCUT2D eigenvalue weighted by molar-refractivity contribution is -0.143. The summed E-state index contributed by atoms with van der Waals surface area (Å²) in [5.74, 6) is -9.25. The van der Waals surface area contributed by atoms with Crippen LogP contribution in [0.15, 0.2) is 24.3 Å². The highest BCUT2D eigenvalue weighted by molar-refractivity contribution is 5.97. The third kappa shape index (κ3) is 17.5. The van der Waals surface area contributed by atoms with Crippen molar-refractivity contribution in [2.45, 2.75) is 103 Å². The molecule has 0 aliphatic rings. The minimum absolute atomic E-state index is 0.0449. The zero-order valence-corrected chi connectivity index (χ0v) is 33.1. The van der Waals surface area contributed by atoms with E-state index in [0.717, 1.165) is 0 Å². The predicted octanol–water partition coefficient (Wildman–Crippen LogP) is -4.66. The number of aliphatic carboxylic acids is 1. The highest BCUT2D eigenvalue weighted by atomic mass is 16.4. The SMILES string of the molecule is CC[C@H](C)[C@H](NC(=O)[C@H](C)NC(=O)CNC(=O)[C@H](Cc1ccc(O)cc1)NC(=O)[C@@H](N)CC(N)=O)C(=O)N[C@@H](CC(C)C)C(=O)N[C@@H](CO)C(=O)N[C@@H](CO)C(=O)O. The molecular formula is C36H57N9O13. The van der Waals surface area contributed by atoms with Gasteiger partial charge in [-0.15, -0.1) is 0 Å². The Hall–Kier alpha value is -5.87. The summed E-state index contributed by atoms with van der Waals surface area (Å²) in [5.41, 5.74) is 11.3. The van der Waals surface area contributed by atoms with Gasteiger partial charge < -0.3 is 69.1 Å². The fraction of sp³-hybridized carbons (Fsp3) is 0.583. The average Bonchev–Trinajstić information content (AvgIpc) is 3.15. The zero-order valence-electron chi connectivity index (χ0n) is 33.1. The molecule has 58 heavy (non-hydrogen) atoms. The summed E-state index contributed by atoms with van der Waals surface area (Å²) in [6.45, 7) is 5.65. The maximum absolute atomic E-state index is 13.6. The second-order valence-electron chi connectivity index (χ2n) is 14.1. The van der Waals surface area contributed by atoms with E-state index in [9.17, 15) is 58.5 Å². The molecule has 22 nitrogen and oxygen atoms in total. The first-order valence-electron chi connectivity index (χ1n) is 18.5. The number of aromatic hydroxyl groups is 1. The van der Waals surface area contributed by atoms with E-state index in [2.05, 4.69) is 31.9 Å². The van der Waals surface area contributed by atoms with Crippen LogP contribution >= 0.6 is 0 Å². The van der Waals surface area contributed by atoms with Crippen LogP contribution in [-0.4, -0.2) is 136 Å². The van der Waals surface area contributed by atoms with E-state index < -0.39 is 128 Å². The van der Waals surface area contributed by atoms with Gasteiger partial charge in [-0.25, -0.2) is 4.79 Å². The summed E-state index contributed by atoms with van der Waals surface area (Å²) in [6, 6.07) is -4.04. The molecule has 0 radical (unpaired) electrons. The van der Waals surface area contributed by atoms with E-state index in [0.29, 0.717) is 12.0 Å². The first kappa shape index (κ1) is 50.1. The molecule has 0 spiro atoms. The number of hydrogen-bond donors (Lipinski definition) is 13. The number of benzene rings is 1. The Bertz CT molecular complexity index is 1610. The summed E-state index contributed by atoms with van der Waals surface area (Å²) in [5, 5.41) is 54.2. The van der Waals surface area contributed by atoms with Gasteiger partial charge in [-0.3, -0.25) is 38.4 Å². The van der Waals surface area contributed by atoms with E-state index in [1.54, 1.807) is 27.7 Å². The number of hydrogen-bond acceptors (Lipinski definition) is 13. The van der Waals surface area contributed by atoms with Crippen LogP contribution in [0.1, 0.15) is 59.4 Å². The average molecular weight is 824 g/mol. The lowest BCUT2D eigenvalue weighted by Gasteiger charge is -2.29. The number of nitrogens with one attached hydrogen (secondary N) is 7. The Morgan fingerprint density at radius 3 is 1.72 bits per heavy atom. The van der Waals surface area contributed by atoms with Crippen molar-refractivity contribution in [2.24, 2.45) is 23.3 Å². The molecule has 0 aliphatic carbocycles. The predicted molar refractivity (Wildman–Crippen MR) is 205 cm³/mol. The smallest absolute Gasteiger partial charge is 0.328 e. The van der Waals surface area contributed by atoms with Gasteiger partial charge in [0.2, 0.25) is 47.3 Å². The van der Waals surface area contributed by atoms with Crippen LogP contribution in [0.3, 0.4) is 0 Å². The van der Waals surface area contributed by atoms with Crippen LogP contribution in [0.2, 0.25) is 0 Å². The minimum atomic E-state index is -1.70. The van der Waals surface area contributed by atoms with Crippen LogP contribution in [0.5, 0.6) is 5.75 Å². The van der Waals surface area contributed by atoms with Gasteiger partial charge in [0.1, 0.15) is 42.0 Å². The second-order valence-corrected chi connectivity index (χ2v) is 14.1. The Labute approximate surface area is 335 Å². The van der Waals surface area contributed by atoms with Gasteiger partial charge in [-0.05, 0) is 42.9 Å². The monoisotopic (exact) mass is 823 g/mol. The van der Waals surface area contributed by atoms with Crippen molar-refractivity contribution < 1.29 is 63.6 Å². The molecule has 0 aromatic heterocycles. The third-order valence-electron chi connectivity index (χ3n) is 8.71. The Morgan fingerprint density at radius 1 is 0.672 bits per heavy atom. The summed E-state index contributed by atoms with van der Waals surface area (Å²) in [7, 11) is 0. The lowest BCUT2D eigenvalue weighted by atomic mass is 9.96. The quantitative estimate of drug-likeness (QED) is 0.0441. The normalized spacial score (nSPS) is 15.1. The minimum Gasteiger partial charge on any atom is -0.508 e. The number of primary amides is 1. The Morgan fingerprint density at radius 2 is 1.21 bits per heavy atom. The maximum Gasteiger partial charge on any atom is 0.328 e. The number of carboxylic acids is 1. The van der Waals surface area contributed by atoms with E-state index in [1.165, 1.54) is 31.2 Å². The van der Waals surface area contributed by atoms with E-state index in [1.807, 2.05) is 5.32 Å². The topological polar surface area (TPSA) is 371 Å². The maximum atomic E-state index is 13.6. The molecule has 22 heteroatoms. The van der Waals surface area contributed by atoms with Gasteiger partial charge >= 0.3 is 5.97 Å². The lowest BCUT2D eigenvalue weighted by Crippen LogP contribution is -2.60. The van der Waals surface area contributed by atoms with E-state index in [4.69, 9.17) is 16.6 Å². The number of nitrogens with two attached hydrogens (primary N) is 2. The molecule has 0 heterocycles. The fourth-order valence-electron chi connectivity index (χ4n) is 5.18. The van der Waals surface area contributed by atoms with Crippen molar-refractivity contribution in [1.82, 2.24) is 37.2 Å². The van der Waals surface area contributed by atoms with Crippen molar-refractivity contribution in [2.75, 3.05) is 19.8 Å². The number of rotatable bonds is 25. The van der Waals surface area contributed by atoms with Crippen LogP contribution in [0, 0.1) is 11.8 Å². The molecule has 8 atom stereocenters. The van der Waals surface area contributed by atoms with Gasteiger partial charge in [0, 0.05) is 6.42 Å². The number of carboxylic acid groups (broad SMARTS) is 1. The molecule has 1 aromatic carbocycles. The molecule has 0 unspecified atom stereocenters. The van der Waals surface area contributed by atoms with Crippen molar-refractivity contribution in [3.63, 3.8) is 0 Å². The highest BCUT2D eigenvalue weighted by Gasteiger charge is 2.34. The van der Waals surface area contributed by atoms with E-state index >= 15 is 0 Å². The van der Waals surface area contributed by atoms with Gasteiger partial charge in [0.05, 0.1) is 32.2 Å². The number of carbonyl (C=O) groups excluding carboxylic acids is 8. The summed E-state index contributed by atoms with van der Waals surface area (Å²) in [4.78, 5) is 114. The number of aliphatic hydroxyl groups excluding tert-OH is 2. The van der Waals surface area contributed by atoms with Crippen molar-refractivity contribution in [3.05, 3.63) is 29.8 Å². The molecule has 0 bridgehead atoms. The molecule has 8 amide bonds. The molecule has 15 N–H and O–H groups in total. The standard InChI is InChI=1S/C36H57N9O13/c1-6-18(4)29(35(56)42-23(11-17(2)3)33(54)43-25(15-46)34(55)44-26(16-47)36(57)58)45-30(51)19(5)40-28(50)14-39-32(53)24(12-20-7-9-21(48)10-8-20)41-31(52)22(37)13-27(38)49/h7-10,17-19,22-26,29,46-48H,6,11-16,37H2,1-5H3,(H2,38,49)(H,39,53)(H,40,50)(H,41,52)(H,42,56)(H,43,54)(H,44,55)(H,45,51)(H,57,58)/t18-,19-,22-,23-,24-,25-,26-,29-/m0/s1. The summed E-state index contributed by atoms with van der Waals surface area (Å²) >= 11 is 0. The van der Waals surface area contributed by atoms with Crippen LogP contribution in [0.4, 0.5) is 0 Å². The molecule has 324 valence electrons. The largest absolute Gasteiger partial charge is 0.508 e. The molecule has 0 saturated carbocycles. The van der Waals surface area contributed by atoms with Crippen molar-refractivity contribution in [3.8, 4) is 5.75 Å². The molecular weight excluding hydrogens is 766 g/mol. The third-order valence-corrected chi connectivity index (χ3v) is 8.71. The molecule has 1 aromatic rings. The fourth-order valence-corrected chi connectivity index (χ4v) is 5.18. The van der Waals surface area contributed by atoms with Gasteiger partial charge in [-0.1, -0.05) is 46.2 Å². The first-order valence-corrected chi connectivity index (χ1v) is 18.5. The summed E-state index contributed by atoms with van der Waals surface area (Å²) < 4.78 is 0. The van der Waals surface area contributed by atoms with Gasteiger partial charge in [-0.2, -0.15) is 0 Å². The first-order chi connectivity index (χ1) is 27.1. The second kappa shape index (κ2) is 24.7. The number of amides is 8. The molecule has 0 saturated heterocycles. The number of aliphatic hydroxyl groups is 2. The van der Waals surface area contributed by atoms with Crippen molar-refractivity contribution in [1.29, 1.82) is 0 Å². The molecule has 0 fully saturated rings. The highest BCUT2D eigenvalue weighted by Crippen LogP contribution is 2.13. The molecule has 0 aliphatic heterocycles. The summed E-state index contributed by atoms with van der Waals surface area (Å²) in [6.07, 6.45) is -0.172. The van der Waals surface area contributed by atoms with Gasteiger partial charge in [0.25, 0.3) is 0 Å². The number of phenolic OH excluding ortho intramolecular Hbond substituents is 1. The van der Waals surface area contributed by atoms with Gasteiger partial charge in [0.15, 0.2) is 0 Å². The number of carbonyl (C=O) groups is 9. The van der Waals surface area contributed by atoms with Crippen LogP contribution in [0.25, 0.3) is 0 Å². The van der Waals surface area contributed by atoms with E-state index in [-0.39, 0.29) is 24.5 Å². The van der Waals surface area contributed by atoms with Crippen LogP contribution in [-0.2, 0) is 49.6 Å². The molecule has 1 rings (SSSR count). The zero-order chi connectivity index (χ0) is 44.3. The Kier molecular flexibility index (Phi) is 21.4. The van der Waals surface area contributed by atoms with Crippen molar-refractivity contribution >= 4 is 53.2 Å². The van der Waals surface area contributed by atoms with Crippen LogP contribution < -0.4 is 48.7 Å².